The van der Waals surface area contributed by atoms with Crippen LogP contribution in [-0.2, 0) is 30.9 Å². The molecule has 1 aliphatic rings. The van der Waals surface area contributed by atoms with Crippen molar-refractivity contribution in [2.75, 3.05) is 11.6 Å². The van der Waals surface area contributed by atoms with Crippen molar-refractivity contribution in [3.63, 3.8) is 0 Å². The molecule has 10 heteroatoms. The Kier molecular flexibility index (Phi) is 6.48. The van der Waals surface area contributed by atoms with Crippen LogP contribution in [0.25, 0.3) is 0 Å². The molecule has 1 amide bonds. The van der Waals surface area contributed by atoms with Gasteiger partial charge in [0.05, 0.1) is 17.2 Å². The first-order valence-electron chi connectivity index (χ1n) is 9.28. The standard InChI is InChI=1S/C20H22N4O5S/c1-2-29-20(26)17-12-18(24(23-17)15-8-4-3-5-9-15)19(25)22-13-14-7-6-10-16(11-14)30(21,27)28/h3-11,18H,2,12-13H2,1H3,(H,22,25)(H2,21,27,28). The normalized spacial score (nSPS) is 16.1. The summed E-state index contributed by atoms with van der Waals surface area (Å²) < 4.78 is 28.0. The van der Waals surface area contributed by atoms with Crippen LogP contribution in [0.2, 0.25) is 0 Å². The van der Waals surface area contributed by atoms with Gasteiger partial charge in [-0.2, -0.15) is 5.10 Å². The van der Waals surface area contributed by atoms with Crippen molar-refractivity contribution in [2.24, 2.45) is 10.2 Å². The lowest BCUT2D eigenvalue weighted by atomic mass is 10.1. The van der Waals surface area contributed by atoms with E-state index in [1.54, 1.807) is 43.3 Å². The SMILES string of the molecule is CCOC(=O)C1=NN(c2ccccc2)C(C(=O)NCc2cccc(S(N)(=O)=O)c2)C1. The van der Waals surface area contributed by atoms with E-state index in [1.165, 1.54) is 17.1 Å². The lowest BCUT2D eigenvalue weighted by Crippen LogP contribution is -2.42. The number of para-hydroxylation sites is 1. The van der Waals surface area contributed by atoms with Crippen molar-refractivity contribution in [2.45, 2.75) is 30.8 Å². The van der Waals surface area contributed by atoms with Crippen LogP contribution in [0.5, 0.6) is 0 Å². The maximum Gasteiger partial charge on any atom is 0.354 e. The molecule has 3 rings (SSSR count). The zero-order valence-electron chi connectivity index (χ0n) is 16.3. The molecule has 1 heterocycles. The molecule has 30 heavy (non-hydrogen) atoms. The molecule has 0 bridgehead atoms. The predicted molar refractivity (Wildman–Crippen MR) is 111 cm³/mol. The Morgan fingerprint density at radius 1 is 1.20 bits per heavy atom. The summed E-state index contributed by atoms with van der Waals surface area (Å²) in [4.78, 5) is 25.0. The van der Waals surface area contributed by atoms with Gasteiger partial charge in [0, 0.05) is 13.0 Å². The van der Waals surface area contributed by atoms with Crippen molar-refractivity contribution in [3.05, 3.63) is 60.2 Å². The number of primary sulfonamides is 1. The minimum absolute atomic E-state index is 0.0334. The molecule has 0 saturated heterocycles. The predicted octanol–water partition coefficient (Wildman–Crippen LogP) is 1.15. The van der Waals surface area contributed by atoms with Crippen LogP contribution in [0, 0.1) is 0 Å². The average Bonchev–Trinajstić information content (AvgIpc) is 3.18. The highest BCUT2D eigenvalue weighted by Gasteiger charge is 2.36. The number of hydrogen-bond acceptors (Lipinski definition) is 7. The molecule has 1 atom stereocenters. The van der Waals surface area contributed by atoms with Gasteiger partial charge in [-0.05, 0) is 36.8 Å². The van der Waals surface area contributed by atoms with Crippen molar-refractivity contribution >= 4 is 33.3 Å². The van der Waals surface area contributed by atoms with Gasteiger partial charge in [-0.25, -0.2) is 18.4 Å². The third-order valence-electron chi connectivity index (χ3n) is 4.44. The minimum Gasteiger partial charge on any atom is -0.461 e. The summed E-state index contributed by atoms with van der Waals surface area (Å²) in [7, 11) is -3.84. The molecule has 3 N–H and O–H groups in total. The lowest BCUT2D eigenvalue weighted by molar-refractivity contribution is -0.135. The Morgan fingerprint density at radius 3 is 2.60 bits per heavy atom. The third kappa shape index (κ3) is 5.02. The van der Waals surface area contributed by atoms with E-state index in [1.807, 2.05) is 6.07 Å². The first-order valence-corrected chi connectivity index (χ1v) is 10.8. The number of benzene rings is 2. The molecule has 0 aromatic heterocycles. The Bertz CT molecular complexity index is 1070. The van der Waals surface area contributed by atoms with Gasteiger partial charge in [0.25, 0.3) is 0 Å². The molecular weight excluding hydrogens is 408 g/mol. The zero-order valence-corrected chi connectivity index (χ0v) is 17.1. The maximum absolute atomic E-state index is 12.9. The third-order valence-corrected chi connectivity index (χ3v) is 5.35. The van der Waals surface area contributed by atoms with Crippen LogP contribution < -0.4 is 15.5 Å². The molecule has 0 aliphatic carbocycles. The monoisotopic (exact) mass is 430 g/mol. The topological polar surface area (TPSA) is 131 Å². The van der Waals surface area contributed by atoms with E-state index >= 15 is 0 Å². The summed E-state index contributed by atoms with van der Waals surface area (Å²) in [6, 6.07) is 14.3. The van der Waals surface area contributed by atoms with Crippen LogP contribution in [0.15, 0.2) is 64.6 Å². The van der Waals surface area contributed by atoms with Gasteiger partial charge in [0.1, 0.15) is 11.8 Å². The van der Waals surface area contributed by atoms with Gasteiger partial charge in [-0.1, -0.05) is 30.3 Å². The van der Waals surface area contributed by atoms with Crippen molar-refractivity contribution in [1.82, 2.24) is 5.32 Å². The molecule has 0 fully saturated rings. The van der Waals surface area contributed by atoms with E-state index in [-0.39, 0.29) is 36.1 Å². The van der Waals surface area contributed by atoms with Gasteiger partial charge < -0.3 is 10.1 Å². The summed E-state index contributed by atoms with van der Waals surface area (Å²) in [6.07, 6.45) is 0.0940. The van der Waals surface area contributed by atoms with Crippen LogP contribution in [0.4, 0.5) is 5.69 Å². The first kappa shape index (κ1) is 21.5. The summed E-state index contributed by atoms with van der Waals surface area (Å²) in [6.45, 7) is 2.00. The lowest BCUT2D eigenvalue weighted by Gasteiger charge is -2.22. The second-order valence-corrected chi connectivity index (χ2v) is 8.14. The molecule has 1 aliphatic heterocycles. The molecule has 1 unspecified atom stereocenters. The molecule has 9 nitrogen and oxygen atoms in total. The smallest absolute Gasteiger partial charge is 0.354 e. The highest BCUT2D eigenvalue weighted by Crippen LogP contribution is 2.25. The number of anilines is 1. The summed E-state index contributed by atoms with van der Waals surface area (Å²) in [5, 5.41) is 13.7. The molecule has 0 saturated carbocycles. The fourth-order valence-electron chi connectivity index (χ4n) is 3.01. The number of hydrazone groups is 1. The van der Waals surface area contributed by atoms with Gasteiger partial charge in [0.2, 0.25) is 15.9 Å². The van der Waals surface area contributed by atoms with E-state index in [9.17, 15) is 18.0 Å². The van der Waals surface area contributed by atoms with E-state index < -0.39 is 22.0 Å². The number of rotatable bonds is 7. The fourth-order valence-corrected chi connectivity index (χ4v) is 3.59. The molecule has 2 aromatic rings. The van der Waals surface area contributed by atoms with Gasteiger partial charge in [0.15, 0.2) is 0 Å². The Morgan fingerprint density at radius 2 is 1.93 bits per heavy atom. The number of nitrogens with zero attached hydrogens (tertiary/aromatic N) is 2. The number of sulfonamides is 1. The number of carbonyl (C=O) groups is 2. The maximum atomic E-state index is 12.9. The highest BCUT2D eigenvalue weighted by atomic mass is 32.2. The van der Waals surface area contributed by atoms with E-state index in [4.69, 9.17) is 9.88 Å². The Balaban J connectivity index is 1.76. The first-order chi connectivity index (χ1) is 14.3. The van der Waals surface area contributed by atoms with E-state index in [0.29, 0.717) is 11.3 Å². The number of amides is 1. The van der Waals surface area contributed by atoms with Crippen molar-refractivity contribution in [1.29, 1.82) is 0 Å². The molecule has 158 valence electrons. The zero-order chi connectivity index (χ0) is 21.7. The molecule has 2 aromatic carbocycles. The summed E-state index contributed by atoms with van der Waals surface area (Å²) in [5.41, 5.74) is 1.40. The van der Waals surface area contributed by atoms with E-state index in [0.717, 1.165) is 0 Å². The largest absolute Gasteiger partial charge is 0.461 e. The van der Waals surface area contributed by atoms with Gasteiger partial charge in [-0.3, -0.25) is 9.80 Å². The fraction of sp³-hybridized carbons (Fsp3) is 0.250. The second-order valence-electron chi connectivity index (χ2n) is 6.58. The number of nitrogens with one attached hydrogen (secondary N) is 1. The summed E-state index contributed by atoms with van der Waals surface area (Å²) in [5.74, 6) is -0.919. The van der Waals surface area contributed by atoms with Crippen LogP contribution in [-0.4, -0.2) is 38.7 Å². The Labute approximate surface area is 174 Å². The van der Waals surface area contributed by atoms with Gasteiger partial charge in [-0.15, -0.1) is 0 Å². The summed E-state index contributed by atoms with van der Waals surface area (Å²) >= 11 is 0. The number of hydrogen-bond donors (Lipinski definition) is 2. The Hall–Kier alpha value is -3.24. The quantitative estimate of drug-likeness (QED) is 0.634. The minimum atomic E-state index is -3.84. The molecular formula is C20H22N4O5S. The number of carbonyl (C=O) groups excluding carboxylic acids is 2. The molecule has 0 spiro atoms. The van der Waals surface area contributed by atoms with Crippen LogP contribution in [0.1, 0.15) is 18.9 Å². The van der Waals surface area contributed by atoms with Crippen LogP contribution >= 0.6 is 0 Å². The second kappa shape index (κ2) is 9.06. The number of esters is 1. The number of nitrogens with two attached hydrogens (primary N) is 1. The number of ether oxygens (including phenoxy) is 1. The average molecular weight is 430 g/mol. The van der Waals surface area contributed by atoms with Gasteiger partial charge >= 0.3 is 5.97 Å². The molecule has 0 radical (unpaired) electrons. The van der Waals surface area contributed by atoms with Crippen LogP contribution in [0.3, 0.4) is 0 Å². The van der Waals surface area contributed by atoms with Crippen molar-refractivity contribution in [3.8, 4) is 0 Å². The van der Waals surface area contributed by atoms with E-state index in [2.05, 4.69) is 10.4 Å². The van der Waals surface area contributed by atoms with Crippen molar-refractivity contribution < 1.29 is 22.7 Å². The highest BCUT2D eigenvalue weighted by molar-refractivity contribution is 7.89.